The molecule has 0 fully saturated rings. The van der Waals surface area contributed by atoms with Gasteiger partial charge in [0.15, 0.2) is 11.5 Å². The summed E-state index contributed by atoms with van der Waals surface area (Å²) in [5.41, 5.74) is 3.17. The Labute approximate surface area is 189 Å². The molecule has 0 spiro atoms. The molecular weight excluding hydrogens is 404 g/mol. The van der Waals surface area contributed by atoms with E-state index >= 15 is 0 Å². The Morgan fingerprint density at radius 1 is 0.812 bits per heavy atom. The van der Waals surface area contributed by atoms with E-state index in [4.69, 9.17) is 14.2 Å². The van der Waals surface area contributed by atoms with Crippen LogP contribution in [-0.2, 0) is 17.8 Å². The lowest BCUT2D eigenvalue weighted by Crippen LogP contribution is -2.37. The van der Waals surface area contributed by atoms with Crippen LogP contribution < -0.4 is 24.4 Å². The van der Waals surface area contributed by atoms with Gasteiger partial charge in [0.05, 0.1) is 27.9 Å². The maximum absolute atomic E-state index is 12.7. The number of hydrogen-bond donors (Lipinski definition) is 1. The first-order valence-electron chi connectivity index (χ1n) is 10.5. The van der Waals surface area contributed by atoms with Crippen LogP contribution in [0.4, 0.5) is 5.69 Å². The van der Waals surface area contributed by atoms with Gasteiger partial charge in [0.25, 0.3) is 0 Å². The second-order valence-corrected chi connectivity index (χ2v) is 7.33. The van der Waals surface area contributed by atoms with Crippen LogP contribution in [0.1, 0.15) is 11.1 Å². The number of nitrogens with zero attached hydrogens (tertiary/aromatic N) is 1. The Balaban J connectivity index is 1.61. The highest BCUT2D eigenvalue weighted by molar-refractivity contribution is 5.81. The fourth-order valence-electron chi connectivity index (χ4n) is 3.45. The van der Waals surface area contributed by atoms with E-state index in [-0.39, 0.29) is 12.5 Å². The predicted octanol–water partition coefficient (Wildman–Crippen LogP) is 4.08. The molecule has 32 heavy (non-hydrogen) atoms. The van der Waals surface area contributed by atoms with E-state index in [0.717, 1.165) is 22.6 Å². The summed E-state index contributed by atoms with van der Waals surface area (Å²) in [7, 11) is 4.87. The van der Waals surface area contributed by atoms with E-state index in [9.17, 15) is 4.79 Å². The van der Waals surface area contributed by atoms with Gasteiger partial charge in [-0.05, 0) is 53.9 Å². The van der Waals surface area contributed by atoms with E-state index < -0.39 is 0 Å². The normalized spacial score (nSPS) is 10.3. The monoisotopic (exact) mass is 434 g/mol. The third-order valence-corrected chi connectivity index (χ3v) is 5.17. The Hall–Kier alpha value is -3.67. The summed E-state index contributed by atoms with van der Waals surface area (Å²) >= 11 is 0. The van der Waals surface area contributed by atoms with E-state index in [1.807, 2.05) is 60.7 Å². The number of hydrogen-bond acceptors (Lipinski definition) is 5. The lowest BCUT2D eigenvalue weighted by molar-refractivity contribution is -0.119. The first-order chi connectivity index (χ1) is 15.6. The molecule has 168 valence electrons. The molecular formula is C26H30N2O4. The minimum Gasteiger partial charge on any atom is -0.497 e. The van der Waals surface area contributed by atoms with E-state index in [1.54, 1.807) is 21.3 Å². The van der Waals surface area contributed by atoms with Gasteiger partial charge in [-0.3, -0.25) is 4.79 Å². The highest BCUT2D eigenvalue weighted by atomic mass is 16.5. The molecule has 0 saturated carbocycles. The Morgan fingerprint density at radius 2 is 1.53 bits per heavy atom. The third kappa shape index (κ3) is 6.41. The van der Waals surface area contributed by atoms with Crippen molar-refractivity contribution in [3.05, 3.63) is 83.9 Å². The maximum atomic E-state index is 12.7. The van der Waals surface area contributed by atoms with Gasteiger partial charge in [-0.15, -0.1) is 0 Å². The summed E-state index contributed by atoms with van der Waals surface area (Å²) < 4.78 is 15.9. The number of carbonyl (C=O) groups is 1. The van der Waals surface area contributed by atoms with Gasteiger partial charge in [0.2, 0.25) is 5.91 Å². The second kappa shape index (κ2) is 11.6. The van der Waals surface area contributed by atoms with Gasteiger partial charge < -0.3 is 24.4 Å². The summed E-state index contributed by atoms with van der Waals surface area (Å²) in [6, 6.07) is 23.7. The zero-order valence-corrected chi connectivity index (χ0v) is 18.8. The van der Waals surface area contributed by atoms with Crippen molar-refractivity contribution in [1.29, 1.82) is 0 Å². The standard InChI is InChI=1S/C26H30N2O4/c1-30-23-12-10-22(11-13-23)28(18-21-7-5-4-6-8-21)19-26(29)27-16-15-20-9-14-24(31-2)25(17-20)32-3/h4-14,17H,15-16,18-19H2,1-3H3,(H,27,29). The molecule has 1 N–H and O–H groups in total. The summed E-state index contributed by atoms with van der Waals surface area (Å²) in [6.45, 7) is 1.43. The van der Waals surface area contributed by atoms with Crippen molar-refractivity contribution in [3.8, 4) is 17.2 Å². The summed E-state index contributed by atoms with van der Waals surface area (Å²) in [6.07, 6.45) is 0.702. The largest absolute Gasteiger partial charge is 0.497 e. The smallest absolute Gasteiger partial charge is 0.239 e. The molecule has 3 aromatic carbocycles. The topological polar surface area (TPSA) is 60.0 Å². The van der Waals surface area contributed by atoms with Gasteiger partial charge in [0.1, 0.15) is 5.75 Å². The molecule has 1 amide bonds. The number of methoxy groups -OCH3 is 3. The molecule has 0 unspecified atom stereocenters. The maximum Gasteiger partial charge on any atom is 0.239 e. The van der Waals surface area contributed by atoms with Gasteiger partial charge in [-0.1, -0.05) is 36.4 Å². The first kappa shape index (κ1) is 23.0. The van der Waals surface area contributed by atoms with Gasteiger partial charge in [-0.25, -0.2) is 0 Å². The van der Waals surface area contributed by atoms with Crippen molar-refractivity contribution in [2.24, 2.45) is 0 Å². The Kier molecular flexibility index (Phi) is 8.37. The molecule has 0 atom stereocenters. The van der Waals surface area contributed by atoms with Crippen LogP contribution in [0.3, 0.4) is 0 Å². The number of carbonyl (C=O) groups excluding carboxylic acids is 1. The van der Waals surface area contributed by atoms with Gasteiger partial charge in [-0.2, -0.15) is 0 Å². The molecule has 6 nitrogen and oxygen atoms in total. The SMILES string of the molecule is COc1ccc(N(CC(=O)NCCc2ccc(OC)c(OC)c2)Cc2ccccc2)cc1. The first-order valence-corrected chi connectivity index (χ1v) is 10.5. The van der Waals surface area contributed by atoms with Crippen LogP contribution in [0.25, 0.3) is 0 Å². The molecule has 3 aromatic rings. The van der Waals surface area contributed by atoms with Crippen LogP contribution in [0, 0.1) is 0 Å². The van der Waals surface area contributed by atoms with Crippen molar-refractivity contribution < 1.29 is 19.0 Å². The molecule has 0 aliphatic rings. The number of nitrogens with one attached hydrogen (secondary N) is 1. The van der Waals surface area contributed by atoms with Crippen LogP contribution in [-0.4, -0.2) is 40.3 Å². The van der Waals surface area contributed by atoms with E-state index in [0.29, 0.717) is 31.0 Å². The molecule has 0 aliphatic heterocycles. The highest BCUT2D eigenvalue weighted by Gasteiger charge is 2.13. The lowest BCUT2D eigenvalue weighted by atomic mass is 10.1. The summed E-state index contributed by atoms with van der Waals surface area (Å²) in [5.74, 6) is 2.13. The molecule has 0 saturated heterocycles. The third-order valence-electron chi connectivity index (χ3n) is 5.17. The van der Waals surface area contributed by atoms with Crippen molar-refractivity contribution in [2.75, 3.05) is 39.3 Å². The molecule has 0 radical (unpaired) electrons. The molecule has 0 heterocycles. The fourth-order valence-corrected chi connectivity index (χ4v) is 3.45. The zero-order valence-electron chi connectivity index (χ0n) is 18.8. The predicted molar refractivity (Wildman–Crippen MR) is 127 cm³/mol. The average molecular weight is 435 g/mol. The number of anilines is 1. The Bertz CT molecular complexity index is 990. The van der Waals surface area contributed by atoms with Crippen LogP contribution in [0.15, 0.2) is 72.8 Å². The lowest BCUT2D eigenvalue weighted by Gasteiger charge is -2.25. The van der Waals surface area contributed by atoms with Crippen LogP contribution >= 0.6 is 0 Å². The van der Waals surface area contributed by atoms with E-state index in [2.05, 4.69) is 22.3 Å². The number of amides is 1. The summed E-state index contributed by atoms with van der Waals surface area (Å²) in [5, 5.41) is 3.03. The number of rotatable bonds is 11. The fraction of sp³-hybridized carbons (Fsp3) is 0.269. The molecule has 0 aliphatic carbocycles. The van der Waals surface area contributed by atoms with Crippen molar-refractivity contribution in [1.82, 2.24) is 5.32 Å². The van der Waals surface area contributed by atoms with Crippen molar-refractivity contribution in [3.63, 3.8) is 0 Å². The zero-order chi connectivity index (χ0) is 22.8. The van der Waals surface area contributed by atoms with Gasteiger partial charge in [0, 0.05) is 18.8 Å². The van der Waals surface area contributed by atoms with Crippen LogP contribution in [0.5, 0.6) is 17.2 Å². The minimum absolute atomic E-state index is 0.0303. The quantitative estimate of drug-likeness (QED) is 0.493. The Morgan fingerprint density at radius 3 is 2.19 bits per heavy atom. The molecule has 3 rings (SSSR count). The van der Waals surface area contributed by atoms with Crippen molar-refractivity contribution >= 4 is 11.6 Å². The number of ether oxygens (including phenoxy) is 3. The molecule has 0 aromatic heterocycles. The van der Waals surface area contributed by atoms with Crippen molar-refractivity contribution in [2.45, 2.75) is 13.0 Å². The van der Waals surface area contributed by atoms with Gasteiger partial charge >= 0.3 is 0 Å². The molecule has 6 heteroatoms. The van der Waals surface area contributed by atoms with E-state index in [1.165, 1.54) is 0 Å². The number of benzene rings is 3. The second-order valence-electron chi connectivity index (χ2n) is 7.33. The molecule has 0 bridgehead atoms. The highest BCUT2D eigenvalue weighted by Crippen LogP contribution is 2.27. The summed E-state index contributed by atoms with van der Waals surface area (Å²) in [4.78, 5) is 14.8. The minimum atomic E-state index is -0.0303. The van der Waals surface area contributed by atoms with Crippen LogP contribution in [0.2, 0.25) is 0 Å². The average Bonchev–Trinajstić information content (AvgIpc) is 2.84.